The summed E-state index contributed by atoms with van der Waals surface area (Å²) in [6.45, 7) is 4.33. The number of unbranched alkanes of at least 4 members (excludes halogenated alkanes) is 46. The summed E-state index contributed by atoms with van der Waals surface area (Å²) < 4.78 is 34.3. The van der Waals surface area contributed by atoms with Crippen LogP contribution in [0, 0.1) is 0 Å². The van der Waals surface area contributed by atoms with E-state index in [0.717, 1.165) is 32.1 Å². The first-order valence-electron chi connectivity index (χ1n) is 31.7. The minimum atomic E-state index is -4.63. The number of likely N-dealkylation sites (N-methyl/N-ethyl adjacent to an activating group) is 1. The summed E-state index contributed by atoms with van der Waals surface area (Å²) >= 11 is 0. The van der Waals surface area contributed by atoms with Crippen LogP contribution in [-0.4, -0.2) is 70.0 Å². The van der Waals surface area contributed by atoms with Crippen LogP contribution in [0.15, 0.2) is 0 Å². The van der Waals surface area contributed by atoms with Crippen LogP contribution < -0.4 is 4.89 Å². The third-order valence-corrected chi connectivity index (χ3v) is 15.6. The summed E-state index contributed by atoms with van der Waals surface area (Å²) in [7, 11) is 1.19. The van der Waals surface area contributed by atoms with Gasteiger partial charge in [-0.2, -0.15) is 0 Å². The van der Waals surface area contributed by atoms with Gasteiger partial charge in [0.25, 0.3) is 7.82 Å². The molecule has 0 aromatic carbocycles. The van der Waals surface area contributed by atoms with Gasteiger partial charge in [-0.25, -0.2) is 0 Å². The molecule has 2 atom stereocenters. The first-order chi connectivity index (χ1) is 35.0. The predicted octanol–water partition coefficient (Wildman–Crippen LogP) is 19.2. The molecule has 0 aromatic heterocycles. The Kier molecular flexibility index (Phi) is 54.0. The van der Waals surface area contributed by atoms with Crippen LogP contribution in [0.5, 0.6) is 0 Å². The Morgan fingerprint density at radius 2 is 0.625 bits per heavy atom. The second-order valence-corrected chi connectivity index (χ2v) is 24.6. The van der Waals surface area contributed by atoms with Crippen molar-refractivity contribution in [2.45, 2.75) is 341 Å². The number of ether oxygens (including phenoxy) is 2. The van der Waals surface area contributed by atoms with E-state index in [1.54, 1.807) is 0 Å². The Labute approximate surface area is 448 Å². The van der Waals surface area contributed by atoms with Gasteiger partial charge in [0.1, 0.15) is 19.8 Å². The lowest BCUT2D eigenvalue weighted by molar-refractivity contribution is -0.870. The average molecular weight is 1040 g/mol. The van der Waals surface area contributed by atoms with Crippen molar-refractivity contribution in [3.8, 4) is 0 Å². The molecule has 0 radical (unpaired) electrons. The highest BCUT2D eigenvalue weighted by molar-refractivity contribution is 7.45. The quantitative estimate of drug-likeness (QED) is 0.0256. The lowest BCUT2D eigenvalue weighted by Crippen LogP contribution is -2.37. The van der Waals surface area contributed by atoms with Crippen LogP contribution in [-0.2, 0) is 32.7 Å². The Morgan fingerprint density at radius 1 is 0.375 bits per heavy atom. The fourth-order valence-corrected chi connectivity index (χ4v) is 10.4. The molecule has 2 unspecified atom stereocenters. The monoisotopic (exact) mass is 1040 g/mol. The van der Waals surface area contributed by atoms with Gasteiger partial charge in [-0.1, -0.05) is 309 Å². The number of phosphoric acid groups is 1. The molecule has 0 bridgehead atoms. The van der Waals surface area contributed by atoms with Crippen LogP contribution in [0.25, 0.3) is 0 Å². The van der Waals surface area contributed by atoms with E-state index in [1.807, 2.05) is 21.1 Å². The highest BCUT2D eigenvalue weighted by atomic mass is 31.2. The largest absolute Gasteiger partial charge is 0.756 e. The summed E-state index contributed by atoms with van der Waals surface area (Å²) in [5.41, 5.74) is 0. The molecule has 0 aliphatic carbocycles. The Bertz CT molecular complexity index is 1180. The molecule has 0 spiro atoms. The van der Waals surface area contributed by atoms with Crippen molar-refractivity contribution in [3.63, 3.8) is 0 Å². The van der Waals surface area contributed by atoms with Crippen molar-refractivity contribution in [2.24, 2.45) is 0 Å². The maximum absolute atomic E-state index is 12.8. The van der Waals surface area contributed by atoms with E-state index in [4.69, 9.17) is 18.5 Å². The average Bonchev–Trinajstić information content (AvgIpc) is 3.34. The van der Waals surface area contributed by atoms with E-state index in [2.05, 4.69) is 13.8 Å². The van der Waals surface area contributed by atoms with Gasteiger partial charge in [0.05, 0.1) is 27.7 Å². The fourth-order valence-electron chi connectivity index (χ4n) is 9.72. The van der Waals surface area contributed by atoms with Crippen molar-refractivity contribution in [1.29, 1.82) is 0 Å². The maximum Gasteiger partial charge on any atom is 0.306 e. The second-order valence-electron chi connectivity index (χ2n) is 23.1. The van der Waals surface area contributed by atoms with Crippen LogP contribution in [0.4, 0.5) is 0 Å². The van der Waals surface area contributed by atoms with Crippen molar-refractivity contribution < 1.29 is 42.1 Å². The predicted molar refractivity (Wildman–Crippen MR) is 305 cm³/mol. The number of hydrogen-bond acceptors (Lipinski definition) is 8. The van der Waals surface area contributed by atoms with Crippen LogP contribution in [0.3, 0.4) is 0 Å². The van der Waals surface area contributed by atoms with Crippen molar-refractivity contribution in [1.82, 2.24) is 0 Å². The first kappa shape index (κ1) is 71.0. The maximum atomic E-state index is 12.8. The highest BCUT2D eigenvalue weighted by Gasteiger charge is 2.22. The molecule has 0 amide bonds. The number of carbonyl (C=O) groups is 2. The molecule has 0 saturated carbocycles. The molecule has 0 rings (SSSR count). The Balaban J connectivity index is 4.05. The summed E-state index contributed by atoms with van der Waals surface area (Å²) in [6, 6.07) is 0. The topological polar surface area (TPSA) is 111 Å². The van der Waals surface area contributed by atoms with Gasteiger partial charge < -0.3 is 27.9 Å². The molecular formula is C62H124NO8P. The highest BCUT2D eigenvalue weighted by Crippen LogP contribution is 2.38. The summed E-state index contributed by atoms with van der Waals surface area (Å²) in [5.74, 6) is -0.806. The number of quaternary nitrogens is 1. The molecule has 9 nitrogen and oxygen atoms in total. The van der Waals surface area contributed by atoms with E-state index >= 15 is 0 Å². The zero-order valence-corrected chi connectivity index (χ0v) is 49.8. The fraction of sp³-hybridized carbons (Fsp3) is 0.968. The smallest absolute Gasteiger partial charge is 0.306 e. The zero-order chi connectivity index (χ0) is 52.7. The van der Waals surface area contributed by atoms with E-state index in [-0.39, 0.29) is 32.0 Å². The van der Waals surface area contributed by atoms with Gasteiger partial charge in [0.15, 0.2) is 6.10 Å². The molecule has 430 valence electrons. The lowest BCUT2D eigenvalue weighted by atomic mass is 10.0. The Morgan fingerprint density at radius 3 is 0.889 bits per heavy atom. The number of esters is 2. The van der Waals surface area contributed by atoms with E-state index in [1.165, 1.54) is 270 Å². The summed E-state index contributed by atoms with van der Waals surface area (Å²) in [6.07, 6.45) is 63.1. The molecule has 0 saturated heterocycles. The van der Waals surface area contributed by atoms with Gasteiger partial charge in [0, 0.05) is 12.8 Å². The molecule has 72 heavy (non-hydrogen) atoms. The standard InChI is InChI=1S/C62H124NO8P/c1-6-8-10-12-14-16-18-20-22-24-26-28-30-31-33-35-37-39-41-43-45-47-49-51-53-55-62(65)71-60(59-70-72(66,67)69-57-56-63(3,4)5)58-68-61(64)54-52-50-48-46-44-42-40-38-36-34-32-29-27-25-23-21-19-17-15-13-11-9-7-2/h60H,6-59H2,1-5H3. The summed E-state index contributed by atoms with van der Waals surface area (Å²) in [4.78, 5) is 37.9. The minimum absolute atomic E-state index is 0.0249. The molecule has 0 heterocycles. The van der Waals surface area contributed by atoms with Crippen molar-refractivity contribution in [2.75, 3.05) is 47.5 Å². The zero-order valence-electron chi connectivity index (χ0n) is 48.9. The molecule has 0 N–H and O–H groups in total. The molecule has 0 aliphatic heterocycles. The Hall–Kier alpha value is -0.990. The van der Waals surface area contributed by atoms with Crippen molar-refractivity contribution in [3.05, 3.63) is 0 Å². The van der Waals surface area contributed by atoms with Crippen LogP contribution in [0.2, 0.25) is 0 Å². The number of nitrogens with zero attached hydrogens (tertiary/aromatic N) is 1. The van der Waals surface area contributed by atoms with Gasteiger partial charge in [-0.15, -0.1) is 0 Å². The van der Waals surface area contributed by atoms with Gasteiger partial charge in [0.2, 0.25) is 0 Å². The van der Waals surface area contributed by atoms with E-state index < -0.39 is 26.5 Å². The number of carbonyl (C=O) groups excluding carboxylic acids is 2. The van der Waals surface area contributed by atoms with Crippen LogP contribution >= 0.6 is 7.82 Å². The van der Waals surface area contributed by atoms with Gasteiger partial charge >= 0.3 is 11.9 Å². The number of phosphoric ester groups is 1. The minimum Gasteiger partial charge on any atom is -0.756 e. The van der Waals surface area contributed by atoms with E-state index in [9.17, 15) is 19.0 Å². The van der Waals surface area contributed by atoms with Crippen molar-refractivity contribution >= 4 is 19.8 Å². The van der Waals surface area contributed by atoms with Gasteiger partial charge in [-0.3, -0.25) is 14.2 Å². The SMILES string of the molecule is CCCCCCCCCCCCCCCCCCCCCCCCCCCC(=O)OC(COC(=O)CCCCCCCCCCCCCCCCCCCCCCCCC)COP(=O)([O-])OCC[N+](C)(C)C. The molecule has 0 aromatic rings. The normalized spacial score (nSPS) is 13.1. The van der Waals surface area contributed by atoms with Gasteiger partial charge in [-0.05, 0) is 12.8 Å². The lowest BCUT2D eigenvalue weighted by Gasteiger charge is -2.28. The third-order valence-electron chi connectivity index (χ3n) is 14.6. The molecular weight excluding hydrogens is 918 g/mol. The summed E-state index contributed by atoms with van der Waals surface area (Å²) in [5, 5.41) is 0. The van der Waals surface area contributed by atoms with E-state index in [0.29, 0.717) is 17.4 Å². The number of rotatable bonds is 60. The van der Waals surface area contributed by atoms with Crippen LogP contribution in [0.1, 0.15) is 335 Å². The first-order valence-corrected chi connectivity index (χ1v) is 33.2. The molecule has 10 heteroatoms. The molecule has 0 aliphatic rings. The molecule has 0 fully saturated rings. The second kappa shape index (κ2) is 54.8. The third kappa shape index (κ3) is 58.3. The number of hydrogen-bond donors (Lipinski definition) is 0.